The molecule has 86 valence electrons. The zero-order valence-corrected chi connectivity index (χ0v) is 10.7. The molecule has 16 heavy (non-hydrogen) atoms. The Balaban J connectivity index is 2.13. The van der Waals surface area contributed by atoms with Crippen molar-refractivity contribution in [2.45, 2.75) is 13.0 Å². The lowest BCUT2D eigenvalue weighted by Gasteiger charge is -2.36. The van der Waals surface area contributed by atoms with Crippen molar-refractivity contribution in [2.75, 3.05) is 24.5 Å². The number of halogens is 1. The Morgan fingerprint density at radius 3 is 3.00 bits per heavy atom. The van der Waals surface area contributed by atoms with Gasteiger partial charge in [0, 0.05) is 31.9 Å². The highest BCUT2D eigenvalue weighted by Crippen LogP contribution is 2.26. The predicted octanol–water partition coefficient (Wildman–Crippen LogP) is 2.45. The summed E-state index contributed by atoms with van der Waals surface area (Å²) in [5, 5.41) is 0.669. The van der Waals surface area contributed by atoms with E-state index in [1.807, 2.05) is 23.7 Å². The highest BCUT2D eigenvalue weighted by Gasteiger charge is 2.25. The summed E-state index contributed by atoms with van der Waals surface area (Å²) in [6, 6.07) is 3.90. The average molecular weight is 258 g/mol. The van der Waals surface area contributed by atoms with E-state index in [2.05, 4.69) is 9.88 Å². The molecular weight excluding hydrogens is 245 g/mol. The minimum absolute atomic E-state index is 0.0969. The Bertz CT molecular complexity index is 390. The Morgan fingerprint density at radius 1 is 1.56 bits per heavy atom. The maximum atomic E-state index is 10.8. The van der Waals surface area contributed by atoms with E-state index in [-0.39, 0.29) is 14.7 Å². The SMILES string of the molecule is C[C@@H]1CN(c2ncccc2Cl)CCN1P=O. The minimum Gasteiger partial charge on any atom is -0.352 e. The second-order valence-corrected chi connectivity index (χ2v) is 4.93. The fourth-order valence-electron chi connectivity index (χ4n) is 1.87. The van der Waals surface area contributed by atoms with E-state index in [0.29, 0.717) is 5.02 Å². The van der Waals surface area contributed by atoms with Gasteiger partial charge in [-0.3, -0.25) is 4.57 Å². The average Bonchev–Trinajstić information content (AvgIpc) is 2.29. The molecule has 6 heteroatoms. The molecule has 0 aliphatic carbocycles. The first-order valence-electron chi connectivity index (χ1n) is 5.17. The minimum atomic E-state index is 0.0969. The molecule has 0 N–H and O–H groups in total. The Kier molecular flexibility index (Phi) is 3.74. The topological polar surface area (TPSA) is 36.4 Å². The molecule has 0 saturated carbocycles. The van der Waals surface area contributed by atoms with Gasteiger partial charge >= 0.3 is 0 Å². The van der Waals surface area contributed by atoms with Gasteiger partial charge in [-0.25, -0.2) is 9.65 Å². The van der Waals surface area contributed by atoms with Crippen LogP contribution in [0.25, 0.3) is 0 Å². The zero-order chi connectivity index (χ0) is 11.5. The fourth-order valence-corrected chi connectivity index (χ4v) is 2.52. The lowest BCUT2D eigenvalue weighted by molar-refractivity contribution is 0.319. The molecule has 1 atom stereocenters. The van der Waals surface area contributed by atoms with Crippen LogP contribution >= 0.6 is 20.2 Å². The molecule has 0 aromatic carbocycles. The van der Waals surface area contributed by atoms with Gasteiger partial charge in [-0.2, -0.15) is 0 Å². The second kappa shape index (κ2) is 5.09. The first kappa shape index (κ1) is 11.8. The first-order valence-corrected chi connectivity index (χ1v) is 6.32. The lowest BCUT2D eigenvalue weighted by atomic mass is 10.2. The summed E-state index contributed by atoms with van der Waals surface area (Å²) >= 11 is 6.09. The molecule has 1 aliphatic heterocycles. The van der Waals surface area contributed by atoms with Crippen LogP contribution in [0, 0.1) is 0 Å². The van der Waals surface area contributed by atoms with Gasteiger partial charge in [0.25, 0.3) is 0 Å². The molecule has 4 nitrogen and oxygen atoms in total. The van der Waals surface area contributed by atoms with Gasteiger partial charge in [0.15, 0.2) is 0 Å². The van der Waals surface area contributed by atoms with Crippen LogP contribution in [-0.4, -0.2) is 35.3 Å². The molecule has 0 spiro atoms. The van der Waals surface area contributed by atoms with Crippen molar-refractivity contribution in [2.24, 2.45) is 0 Å². The molecule has 0 amide bonds. The van der Waals surface area contributed by atoms with Gasteiger partial charge in [0.05, 0.1) is 5.02 Å². The van der Waals surface area contributed by atoms with Gasteiger partial charge in [-0.1, -0.05) is 11.6 Å². The van der Waals surface area contributed by atoms with Crippen molar-refractivity contribution in [3.63, 3.8) is 0 Å². The molecule has 1 aliphatic rings. The maximum Gasteiger partial charge on any atom is 0.249 e. The normalized spacial score (nSPS) is 22.6. The quantitative estimate of drug-likeness (QED) is 0.763. The molecule has 1 aromatic heterocycles. The molecule has 1 aromatic rings. The second-order valence-electron chi connectivity index (χ2n) is 3.85. The Morgan fingerprint density at radius 2 is 2.38 bits per heavy atom. The third kappa shape index (κ3) is 2.34. The summed E-state index contributed by atoms with van der Waals surface area (Å²) in [5.41, 5.74) is 0. The molecule has 2 rings (SSSR count). The van der Waals surface area contributed by atoms with E-state index in [9.17, 15) is 4.57 Å². The van der Waals surface area contributed by atoms with Crippen LogP contribution in [0.2, 0.25) is 5.02 Å². The Hall–Kier alpha value is -0.700. The van der Waals surface area contributed by atoms with Crippen LogP contribution in [0.3, 0.4) is 0 Å². The number of hydrogen-bond donors (Lipinski definition) is 0. The lowest BCUT2D eigenvalue weighted by Crippen LogP contribution is -2.48. The van der Waals surface area contributed by atoms with E-state index < -0.39 is 0 Å². The monoisotopic (exact) mass is 257 g/mol. The largest absolute Gasteiger partial charge is 0.352 e. The molecule has 1 saturated heterocycles. The molecule has 1 fully saturated rings. The van der Waals surface area contributed by atoms with Gasteiger partial charge in [-0.15, -0.1) is 0 Å². The highest BCUT2D eigenvalue weighted by atomic mass is 35.5. The van der Waals surface area contributed by atoms with Gasteiger partial charge < -0.3 is 4.90 Å². The Labute approximate surface area is 101 Å². The molecule has 2 heterocycles. The number of nitrogens with zero attached hydrogens (tertiary/aromatic N) is 3. The van der Waals surface area contributed by atoms with Crippen molar-refractivity contribution in [3.05, 3.63) is 23.4 Å². The van der Waals surface area contributed by atoms with Crippen LogP contribution in [-0.2, 0) is 4.57 Å². The van der Waals surface area contributed by atoms with Crippen molar-refractivity contribution in [1.82, 2.24) is 9.65 Å². The number of anilines is 1. The first-order chi connectivity index (χ1) is 7.72. The number of pyridine rings is 1. The summed E-state index contributed by atoms with van der Waals surface area (Å²) < 4.78 is 12.7. The third-order valence-corrected chi connectivity index (χ3v) is 3.83. The van der Waals surface area contributed by atoms with E-state index >= 15 is 0 Å². The van der Waals surface area contributed by atoms with Crippen molar-refractivity contribution < 1.29 is 4.57 Å². The van der Waals surface area contributed by atoms with Gasteiger partial charge in [0.1, 0.15) is 5.82 Å². The fraction of sp³-hybridized carbons (Fsp3) is 0.500. The molecular formula is C10H13ClN3OP. The van der Waals surface area contributed by atoms with Gasteiger partial charge in [0.2, 0.25) is 8.61 Å². The number of rotatable bonds is 2. The number of piperazine rings is 1. The highest BCUT2D eigenvalue weighted by molar-refractivity contribution is 7.20. The van der Waals surface area contributed by atoms with Gasteiger partial charge in [-0.05, 0) is 19.1 Å². The molecule has 0 unspecified atom stereocenters. The standard InChI is InChI=1S/C10H13ClN3OP/c1-8-7-13(5-6-14(8)16-15)10-9(11)3-2-4-12-10/h2-4,8H,5-7H2,1H3/t8-/m1/s1. The summed E-state index contributed by atoms with van der Waals surface area (Å²) in [6.07, 6.45) is 1.74. The summed E-state index contributed by atoms with van der Waals surface area (Å²) in [6.45, 7) is 4.41. The van der Waals surface area contributed by atoms with Crippen molar-refractivity contribution >= 4 is 26.0 Å². The summed E-state index contributed by atoms with van der Waals surface area (Å²) in [4.78, 5) is 6.42. The van der Waals surface area contributed by atoms with Crippen LogP contribution < -0.4 is 4.90 Å². The van der Waals surface area contributed by atoms with E-state index in [4.69, 9.17) is 11.6 Å². The number of aromatic nitrogens is 1. The van der Waals surface area contributed by atoms with E-state index in [1.165, 1.54) is 0 Å². The van der Waals surface area contributed by atoms with Crippen LogP contribution in [0.1, 0.15) is 6.92 Å². The maximum absolute atomic E-state index is 10.8. The van der Waals surface area contributed by atoms with E-state index in [1.54, 1.807) is 6.20 Å². The van der Waals surface area contributed by atoms with Crippen molar-refractivity contribution in [3.8, 4) is 0 Å². The zero-order valence-electron chi connectivity index (χ0n) is 9.01. The third-order valence-electron chi connectivity index (χ3n) is 2.74. The van der Waals surface area contributed by atoms with Crippen molar-refractivity contribution in [1.29, 1.82) is 0 Å². The smallest absolute Gasteiger partial charge is 0.249 e. The number of hydrogen-bond acceptors (Lipinski definition) is 3. The summed E-state index contributed by atoms with van der Waals surface area (Å²) in [5.74, 6) is 0.818. The van der Waals surface area contributed by atoms with Crippen LogP contribution in [0.5, 0.6) is 0 Å². The predicted molar refractivity (Wildman–Crippen MR) is 65.2 cm³/mol. The van der Waals surface area contributed by atoms with E-state index in [0.717, 1.165) is 25.5 Å². The van der Waals surface area contributed by atoms with Crippen LogP contribution in [0.4, 0.5) is 5.82 Å². The van der Waals surface area contributed by atoms with Crippen LogP contribution in [0.15, 0.2) is 18.3 Å². The molecule has 0 radical (unpaired) electrons. The summed E-state index contributed by atoms with van der Waals surface area (Å²) in [7, 11) is 0.0969. The molecule has 0 bridgehead atoms.